The summed E-state index contributed by atoms with van der Waals surface area (Å²) in [5.74, 6) is -0.534. The van der Waals surface area contributed by atoms with Gasteiger partial charge in [-0.2, -0.15) is 0 Å². The molecule has 5 rings (SSSR count). The molecule has 0 bridgehead atoms. The third kappa shape index (κ3) is 5.31. The number of amides is 1. The Kier molecular flexibility index (Phi) is 7.13. The molecule has 0 fully saturated rings. The number of carbonyl (C=O) groups is 2. The average molecular weight is 490 g/mol. The monoisotopic (exact) mass is 489 g/mol. The first-order valence-electron chi connectivity index (χ1n) is 12.2. The van der Waals surface area contributed by atoms with E-state index < -0.39 is 18.1 Å². The largest absolute Gasteiger partial charge is 0.467 e. The fraction of sp³-hybridized carbons (Fsp3) is 0.125. The third-order valence-electron chi connectivity index (χ3n) is 6.49. The normalized spacial score (nSPS) is 11.7. The summed E-state index contributed by atoms with van der Waals surface area (Å²) >= 11 is 0. The Morgan fingerprint density at radius 3 is 2.14 bits per heavy atom. The molecule has 37 heavy (non-hydrogen) atoms. The van der Waals surface area contributed by atoms with Crippen molar-refractivity contribution in [2.24, 2.45) is 0 Å². The van der Waals surface area contributed by atoms with Gasteiger partial charge in [-0.15, -0.1) is 0 Å². The van der Waals surface area contributed by atoms with Crippen molar-refractivity contribution in [3.8, 4) is 11.1 Å². The molecule has 5 nitrogen and oxygen atoms in total. The van der Waals surface area contributed by atoms with Gasteiger partial charge in [0.25, 0.3) is 0 Å². The topological polar surface area (TPSA) is 64.6 Å². The molecule has 0 aliphatic carbocycles. The summed E-state index contributed by atoms with van der Waals surface area (Å²) in [6, 6.07) is 35.2. The van der Waals surface area contributed by atoms with Crippen LogP contribution in [0.15, 0.2) is 109 Å². The van der Waals surface area contributed by atoms with E-state index >= 15 is 0 Å². The number of benzene rings is 5. The average Bonchev–Trinajstić information content (AvgIpc) is 2.95. The maximum atomic E-state index is 12.8. The van der Waals surface area contributed by atoms with Crippen LogP contribution in [-0.2, 0) is 27.3 Å². The van der Waals surface area contributed by atoms with Gasteiger partial charge in [0.05, 0.1) is 7.11 Å². The molecule has 1 N–H and O–H groups in total. The number of alkyl carbamates (subject to hydrolysis) is 1. The van der Waals surface area contributed by atoms with Crippen molar-refractivity contribution in [1.82, 2.24) is 5.32 Å². The second-order valence-corrected chi connectivity index (χ2v) is 8.83. The number of ether oxygens (including phenoxy) is 2. The van der Waals surface area contributed by atoms with Crippen molar-refractivity contribution in [2.75, 3.05) is 7.11 Å². The van der Waals surface area contributed by atoms with Crippen LogP contribution in [0.4, 0.5) is 4.79 Å². The summed E-state index contributed by atoms with van der Waals surface area (Å²) in [5.41, 5.74) is 3.89. The van der Waals surface area contributed by atoms with Crippen LogP contribution >= 0.6 is 0 Å². The minimum absolute atomic E-state index is 0.109. The highest BCUT2D eigenvalue weighted by Crippen LogP contribution is 2.37. The predicted molar refractivity (Wildman–Crippen MR) is 146 cm³/mol. The quantitative estimate of drug-likeness (QED) is 0.259. The molecule has 0 aromatic heterocycles. The van der Waals surface area contributed by atoms with E-state index in [1.54, 1.807) is 0 Å². The molecule has 184 valence electrons. The predicted octanol–water partition coefficient (Wildman–Crippen LogP) is 6.67. The highest BCUT2D eigenvalue weighted by molar-refractivity contribution is 6.06. The number of hydrogen-bond donors (Lipinski definition) is 1. The van der Waals surface area contributed by atoms with Crippen LogP contribution in [0, 0.1) is 0 Å². The summed E-state index contributed by atoms with van der Waals surface area (Å²) < 4.78 is 10.4. The van der Waals surface area contributed by atoms with Crippen LogP contribution in [0.5, 0.6) is 0 Å². The number of hydrogen-bond acceptors (Lipinski definition) is 4. The molecule has 5 aromatic carbocycles. The van der Waals surface area contributed by atoms with E-state index in [4.69, 9.17) is 9.47 Å². The first-order valence-corrected chi connectivity index (χ1v) is 12.2. The van der Waals surface area contributed by atoms with E-state index in [9.17, 15) is 9.59 Å². The molecular formula is C32H27NO4. The molecule has 0 aliphatic heterocycles. The first-order chi connectivity index (χ1) is 18.1. The first kappa shape index (κ1) is 24.1. The summed E-state index contributed by atoms with van der Waals surface area (Å²) in [6.45, 7) is 0.109. The van der Waals surface area contributed by atoms with Crippen molar-refractivity contribution in [2.45, 2.75) is 19.1 Å². The van der Waals surface area contributed by atoms with Gasteiger partial charge >= 0.3 is 12.1 Å². The van der Waals surface area contributed by atoms with Crippen LogP contribution < -0.4 is 5.32 Å². The number of nitrogens with one attached hydrogen (secondary N) is 1. The van der Waals surface area contributed by atoms with Gasteiger partial charge in [0.15, 0.2) is 0 Å². The van der Waals surface area contributed by atoms with Gasteiger partial charge in [0, 0.05) is 6.42 Å². The third-order valence-corrected chi connectivity index (χ3v) is 6.49. The molecule has 0 heterocycles. The molecule has 0 aliphatic rings. The maximum absolute atomic E-state index is 12.8. The van der Waals surface area contributed by atoms with Crippen molar-refractivity contribution >= 4 is 33.6 Å². The summed E-state index contributed by atoms with van der Waals surface area (Å²) in [6.07, 6.45) is -0.428. The van der Waals surface area contributed by atoms with E-state index in [1.165, 1.54) is 7.11 Å². The lowest BCUT2D eigenvalue weighted by atomic mass is 9.88. The van der Waals surface area contributed by atoms with Crippen molar-refractivity contribution in [1.29, 1.82) is 0 Å². The lowest BCUT2D eigenvalue weighted by Crippen LogP contribution is -2.43. The Bertz CT molecular complexity index is 1560. The number of esters is 1. The Morgan fingerprint density at radius 1 is 0.730 bits per heavy atom. The number of carbonyl (C=O) groups excluding carboxylic acids is 2. The van der Waals surface area contributed by atoms with Gasteiger partial charge in [-0.3, -0.25) is 0 Å². The van der Waals surface area contributed by atoms with Crippen LogP contribution in [0.3, 0.4) is 0 Å². The number of rotatable bonds is 7. The van der Waals surface area contributed by atoms with Crippen LogP contribution in [0.2, 0.25) is 0 Å². The van der Waals surface area contributed by atoms with E-state index in [0.29, 0.717) is 0 Å². The fourth-order valence-electron chi connectivity index (χ4n) is 4.71. The molecule has 0 saturated carbocycles. The van der Waals surface area contributed by atoms with Gasteiger partial charge in [-0.25, -0.2) is 9.59 Å². The summed E-state index contributed by atoms with van der Waals surface area (Å²) in [5, 5.41) is 7.14. The van der Waals surface area contributed by atoms with Crippen LogP contribution in [-0.4, -0.2) is 25.2 Å². The number of fused-ring (bicyclic) bond motifs is 2. The molecule has 5 heteroatoms. The number of methoxy groups -OCH3 is 1. The van der Waals surface area contributed by atoms with Crippen molar-refractivity contribution in [3.63, 3.8) is 0 Å². The second-order valence-electron chi connectivity index (χ2n) is 8.83. The minimum Gasteiger partial charge on any atom is -0.467 e. The van der Waals surface area contributed by atoms with E-state index in [2.05, 4.69) is 41.7 Å². The lowest BCUT2D eigenvalue weighted by molar-refractivity contribution is -0.143. The van der Waals surface area contributed by atoms with E-state index in [0.717, 1.165) is 43.8 Å². The van der Waals surface area contributed by atoms with E-state index in [-0.39, 0.29) is 13.0 Å². The molecular weight excluding hydrogens is 462 g/mol. The highest BCUT2D eigenvalue weighted by atomic mass is 16.6. The van der Waals surface area contributed by atoms with Crippen molar-refractivity contribution < 1.29 is 19.1 Å². The zero-order chi connectivity index (χ0) is 25.6. The lowest BCUT2D eigenvalue weighted by Gasteiger charge is -2.20. The minimum atomic E-state index is -0.914. The standard InChI is InChI=1S/C32H27NO4/c1-36-31(34)29(33-32(35)37-21-22-10-3-2-4-11-22)20-25-19-18-24-13-6-8-16-27(24)30(25)28-17-9-14-23-12-5-7-15-26(23)28/h2-19,29H,20-21H2,1H3,(H,33,35)/t29-/m1/s1. The van der Waals surface area contributed by atoms with Gasteiger partial charge in [0.1, 0.15) is 12.6 Å². The summed E-state index contributed by atoms with van der Waals surface area (Å²) in [4.78, 5) is 25.4. The smallest absolute Gasteiger partial charge is 0.408 e. The zero-order valence-electron chi connectivity index (χ0n) is 20.5. The van der Waals surface area contributed by atoms with Gasteiger partial charge in [-0.1, -0.05) is 109 Å². The molecule has 1 amide bonds. The molecule has 0 unspecified atom stereocenters. The Morgan fingerprint density at radius 2 is 1.38 bits per heavy atom. The Hall–Kier alpha value is -4.64. The fourth-order valence-corrected chi connectivity index (χ4v) is 4.71. The van der Waals surface area contributed by atoms with Crippen LogP contribution in [0.25, 0.3) is 32.7 Å². The molecule has 0 radical (unpaired) electrons. The molecule has 1 atom stereocenters. The molecule has 5 aromatic rings. The van der Waals surface area contributed by atoms with Gasteiger partial charge < -0.3 is 14.8 Å². The molecule has 0 saturated heterocycles. The summed E-state index contributed by atoms with van der Waals surface area (Å²) in [7, 11) is 1.32. The maximum Gasteiger partial charge on any atom is 0.408 e. The Balaban J connectivity index is 1.51. The highest BCUT2D eigenvalue weighted by Gasteiger charge is 2.25. The van der Waals surface area contributed by atoms with Crippen molar-refractivity contribution in [3.05, 3.63) is 120 Å². The zero-order valence-corrected chi connectivity index (χ0v) is 20.5. The Labute approximate surface area is 215 Å². The SMILES string of the molecule is COC(=O)[C@@H](Cc1ccc2ccccc2c1-c1cccc2ccccc12)NC(=O)OCc1ccccc1. The van der Waals surface area contributed by atoms with E-state index in [1.807, 2.05) is 72.8 Å². The molecule has 0 spiro atoms. The second kappa shape index (κ2) is 11.0. The van der Waals surface area contributed by atoms with Crippen LogP contribution in [0.1, 0.15) is 11.1 Å². The van der Waals surface area contributed by atoms with Gasteiger partial charge in [-0.05, 0) is 43.8 Å². The van der Waals surface area contributed by atoms with Gasteiger partial charge in [0.2, 0.25) is 0 Å².